The van der Waals surface area contributed by atoms with Crippen LogP contribution >= 0.6 is 11.6 Å². The average molecular weight is 305 g/mol. The van der Waals surface area contributed by atoms with Crippen molar-refractivity contribution in [2.75, 3.05) is 13.7 Å². The molecule has 0 aromatic heterocycles. The Morgan fingerprint density at radius 2 is 1.81 bits per heavy atom. The molecule has 0 amide bonds. The van der Waals surface area contributed by atoms with Gasteiger partial charge < -0.3 is 9.47 Å². The van der Waals surface area contributed by atoms with Gasteiger partial charge in [-0.05, 0) is 18.2 Å². The van der Waals surface area contributed by atoms with Gasteiger partial charge in [0.2, 0.25) is 0 Å². The molecule has 108 valence electrons. The normalized spacial score (nSPS) is 10.0. The molecule has 0 unspecified atom stereocenters. The van der Waals surface area contributed by atoms with Crippen LogP contribution < -0.4 is 4.74 Å². The number of methoxy groups -OCH3 is 1. The first-order valence-electron chi connectivity index (χ1n) is 6.20. The Labute approximate surface area is 127 Å². The van der Waals surface area contributed by atoms with E-state index in [2.05, 4.69) is 4.74 Å². The summed E-state index contributed by atoms with van der Waals surface area (Å²) in [6.07, 6.45) is 0. The van der Waals surface area contributed by atoms with Crippen molar-refractivity contribution in [2.45, 2.75) is 0 Å². The molecule has 2 aromatic carbocycles. The lowest BCUT2D eigenvalue weighted by molar-refractivity contribution is -0.142. The maximum Gasteiger partial charge on any atom is 0.343 e. The monoisotopic (exact) mass is 304 g/mol. The number of hydrogen-bond donors (Lipinski definition) is 0. The van der Waals surface area contributed by atoms with E-state index in [1.54, 1.807) is 36.4 Å². The van der Waals surface area contributed by atoms with Crippen LogP contribution in [0.5, 0.6) is 5.75 Å². The number of carbonyl (C=O) groups excluding carboxylic acids is 2. The Morgan fingerprint density at radius 1 is 1.10 bits per heavy atom. The number of esters is 1. The lowest BCUT2D eigenvalue weighted by atomic mass is 10.0. The number of hydrogen-bond acceptors (Lipinski definition) is 4. The van der Waals surface area contributed by atoms with E-state index in [4.69, 9.17) is 16.3 Å². The summed E-state index contributed by atoms with van der Waals surface area (Å²) in [7, 11) is 1.27. The van der Waals surface area contributed by atoms with Crippen molar-refractivity contribution in [3.63, 3.8) is 0 Å². The Morgan fingerprint density at radius 3 is 2.48 bits per heavy atom. The molecule has 0 aliphatic carbocycles. The first kappa shape index (κ1) is 15.1. The van der Waals surface area contributed by atoms with Crippen molar-refractivity contribution >= 4 is 23.4 Å². The fraction of sp³-hybridized carbons (Fsp3) is 0.125. The predicted molar refractivity (Wildman–Crippen MR) is 78.8 cm³/mol. The summed E-state index contributed by atoms with van der Waals surface area (Å²) in [5.74, 6) is -0.459. The molecule has 0 fully saturated rings. The number of carbonyl (C=O) groups is 2. The summed E-state index contributed by atoms with van der Waals surface area (Å²) < 4.78 is 9.84. The Hall–Kier alpha value is -2.33. The molecule has 0 spiro atoms. The van der Waals surface area contributed by atoms with E-state index in [1.165, 1.54) is 13.2 Å². The molecule has 0 bridgehead atoms. The molecule has 0 N–H and O–H groups in total. The second-order valence-electron chi connectivity index (χ2n) is 4.20. The fourth-order valence-corrected chi connectivity index (χ4v) is 1.92. The van der Waals surface area contributed by atoms with E-state index >= 15 is 0 Å². The van der Waals surface area contributed by atoms with E-state index in [0.29, 0.717) is 21.9 Å². The molecule has 0 radical (unpaired) electrons. The second-order valence-corrected chi connectivity index (χ2v) is 4.64. The van der Waals surface area contributed by atoms with Crippen LogP contribution in [-0.4, -0.2) is 25.5 Å². The van der Waals surface area contributed by atoms with Gasteiger partial charge in [0.05, 0.1) is 12.7 Å². The molecule has 0 aliphatic heterocycles. The van der Waals surface area contributed by atoms with E-state index in [9.17, 15) is 9.59 Å². The van der Waals surface area contributed by atoms with Gasteiger partial charge in [0.25, 0.3) is 0 Å². The van der Waals surface area contributed by atoms with Crippen LogP contribution in [0.1, 0.15) is 15.9 Å². The highest BCUT2D eigenvalue weighted by Crippen LogP contribution is 2.25. The summed E-state index contributed by atoms with van der Waals surface area (Å²) in [5, 5.41) is 0.416. The van der Waals surface area contributed by atoms with Gasteiger partial charge in [-0.2, -0.15) is 0 Å². The van der Waals surface area contributed by atoms with Gasteiger partial charge in [-0.3, -0.25) is 4.79 Å². The minimum absolute atomic E-state index is 0.224. The number of halogens is 1. The first-order chi connectivity index (χ1) is 10.1. The van der Waals surface area contributed by atoms with Crippen LogP contribution in [0.4, 0.5) is 0 Å². The standard InChI is InChI=1S/C16H13ClO4/c1-20-15(18)10-21-14-8-7-12(17)9-13(14)16(19)11-5-3-2-4-6-11/h2-9H,10H2,1H3. The maximum absolute atomic E-state index is 12.5. The van der Waals surface area contributed by atoms with Crippen LogP contribution in [0.2, 0.25) is 5.02 Å². The van der Waals surface area contributed by atoms with E-state index < -0.39 is 5.97 Å². The molecule has 5 heteroatoms. The van der Waals surface area contributed by atoms with Crippen LogP contribution in [0.15, 0.2) is 48.5 Å². The predicted octanol–water partition coefficient (Wildman–Crippen LogP) is 3.12. The van der Waals surface area contributed by atoms with E-state index in [0.717, 1.165) is 0 Å². The molecule has 0 saturated heterocycles. The third-order valence-electron chi connectivity index (χ3n) is 2.80. The van der Waals surface area contributed by atoms with Gasteiger partial charge in [-0.15, -0.1) is 0 Å². The van der Waals surface area contributed by atoms with Crippen LogP contribution in [0.25, 0.3) is 0 Å². The smallest absolute Gasteiger partial charge is 0.343 e. The zero-order chi connectivity index (χ0) is 15.2. The second kappa shape index (κ2) is 6.90. The SMILES string of the molecule is COC(=O)COc1ccc(Cl)cc1C(=O)c1ccccc1. The van der Waals surface area contributed by atoms with Gasteiger partial charge in [0.15, 0.2) is 12.4 Å². The molecule has 0 saturated carbocycles. The van der Waals surface area contributed by atoms with Crippen LogP contribution in [0.3, 0.4) is 0 Å². The van der Waals surface area contributed by atoms with Gasteiger partial charge in [-0.25, -0.2) is 4.79 Å². The van der Waals surface area contributed by atoms with Crippen LogP contribution in [0, 0.1) is 0 Å². The van der Waals surface area contributed by atoms with Gasteiger partial charge in [0.1, 0.15) is 5.75 Å². The zero-order valence-corrected chi connectivity index (χ0v) is 12.1. The molecule has 2 rings (SSSR count). The third-order valence-corrected chi connectivity index (χ3v) is 3.03. The van der Waals surface area contributed by atoms with Crippen molar-refractivity contribution in [3.8, 4) is 5.75 Å². The largest absolute Gasteiger partial charge is 0.481 e. The molecule has 0 heterocycles. The molecule has 0 aliphatic rings. The molecule has 0 atom stereocenters. The lowest BCUT2D eigenvalue weighted by Gasteiger charge is -2.10. The van der Waals surface area contributed by atoms with Crippen molar-refractivity contribution < 1.29 is 19.1 Å². The number of benzene rings is 2. The average Bonchev–Trinajstić information content (AvgIpc) is 2.53. The van der Waals surface area contributed by atoms with E-state index in [1.807, 2.05) is 6.07 Å². The highest BCUT2D eigenvalue weighted by Gasteiger charge is 2.16. The quantitative estimate of drug-likeness (QED) is 0.629. The van der Waals surface area contributed by atoms with Gasteiger partial charge in [-0.1, -0.05) is 41.9 Å². The van der Waals surface area contributed by atoms with E-state index in [-0.39, 0.29) is 12.4 Å². The molecular weight excluding hydrogens is 292 g/mol. The van der Waals surface area contributed by atoms with Gasteiger partial charge >= 0.3 is 5.97 Å². The van der Waals surface area contributed by atoms with Crippen molar-refractivity contribution in [3.05, 3.63) is 64.7 Å². The Bertz CT molecular complexity index is 653. The summed E-state index contributed by atoms with van der Waals surface area (Å²) in [4.78, 5) is 23.6. The first-order valence-corrected chi connectivity index (χ1v) is 6.58. The fourth-order valence-electron chi connectivity index (χ4n) is 1.75. The lowest BCUT2D eigenvalue weighted by Crippen LogP contribution is -2.14. The molecule has 2 aromatic rings. The van der Waals surface area contributed by atoms with Gasteiger partial charge in [0, 0.05) is 10.6 Å². The minimum Gasteiger partial charge on any atom is -0.481 e. The third kappa shape index (κ3) is 3.83. The Kier molecular flexibility index (Phi) is 4.95. The number of ketones is 1. The zero-order valence-electron chi connectivity index (χ0n) is 11.3. The Balaban J connectivity index is 2.31. The summed E-state index contributed by atoms with van der Waals surface area (Å²) in [6, 6.07) is 13.4. The van der Waals surface area contributed by atoms with Crippen molar-refractivity contribution in [1.82, 2.24) is 0 Å². The van der Waals surface area contributed by atoms with Crippen molar-refractivity contribution in [1.29, 1.82) is 0 Å². The van der Waals surface area contributed by atoms with Crippen molar-refractivity contribution in [2.24, 2.45) is 0 Å². The summed E-state index contributed by atoms with van der Waals surface area (Å²) >= 11 is 5.94. The number of ether oxygens (including phenoxy) is 2. The molecule has 4 nitrogen and oxygen atoms in total. The maximum atomic E-state index is 12.5. The summed E-state index contributed by atoms with van der Waals surface area (Å²) in [6.45, 7) is -0.271. The molecule has 21 heavy (non-hydrogen) atoms. The molecular formula is C16H13ClO4. The topological polar surface area (TPSA) is 52.6 Å². The highest BCUT2D eigenvalue weighted by molar-refractivity contribution is 6.31. The van der Waals surface area contributed by atoms with Crippen LogP contribution in [-0.2, 0) is 9.53 Å². The minimum atomic E-state index is -0.525. The highest BCUT2D eigenvalue weighted by atomic mass is 35.5. The number of rotatable bonds is 5. The summed E-state index contributed by atoms with van der Waals surface area (Å²) in [5.41, 5.74) is 0.820.